The first-order chi connectivity index (χ1) is 15.7. The van der Waals surface area contributed by atoms with Crippen LogP contribution in [-0.2, 0) is 4.79 Å². The molecule has 0 radical (unpaired) electrons. The van der Waals surface area contributed by atoms with Crippen molar-refractivity contribution >= 4 is 17.7 Å². The lowest BCUT2D eigenvalue weighted by Gasteiger charge is -2.52. The Bertz CT molecular complexity index is 1120. The molecule has 2 aliphatic rings. The van der Waals surface area contributed by atoms with Gasteiger partial charge in [-0.3, -0.25) is 4.79 Å². The molecule has 162 valence electrons. The topological polar surface area (TPSA) is 29.5 Å². The van der Waals surface area contributed by atoms with Crippen LogP contribution in [0.3, 0.4) is 0 Å². The van der Waals surface area contributed by atoms with E-state index in [2.05, 4.69) is 91.6 Å². The Labute approximate surface area is 190 Å². The second-order valence-electron chi connectivity index (χ2n) is 8.65. The van der Waals surface area contributed by atoms with E-state index in [4.69, 9.17) is 4.74 Å². The molecule has 1 aliphatic carbocycles. The molecule has 3 aromatic carbocycles. The molecule has 0 bridgehead atoms. The molecule has 32 heavy (non-hydrogen) atoms. The lowest BCUT2D eigenvalue weighted by atomic mass is 9.51. The van der Waals surface area contributed by atoms with Gasteiger partial charge in [-0.1, -0.05) is 78.9 Å². The van der Waals surface area contributed by atoms with Crippen molar-refractivity contribution in [3.8, 4) is 5.75 Å². The fourth-order valence-electron chi connectivity index (χ4n) is 5.45. The molecule has 4 atom stereocenters. The number of rotatable bonds is 6. The van der Waals surface area contributed by atoms with E-state index < -0.39 is 0 Å². The van der Waals surface area contributed by atoms with Crippen LogP contribution in [0.15, 0.2) is 84.9 Å². The van der Waals surface area contributed by atoms with Gasteiger partial charge < -0.3 is 9.64 Å². The monoisotopic (exact) mass is 423 g/mol. The molecule has 1 heterocycles. The number of nitrogens with zero attached hydrogens (tertiary/aromatic N) is 1. The average Bonchev–Trinajstić information content (AvgIpc) is 2.81. The van der Waals surface area contributed by atoms with Crippen LogP contribution < -0.4 is 9.64 Å². The first-order valence-corrected chi connectivity index (χ1v) is 11.6. The van der Waals surface area contributed by atoms with Gasteiger partial charge in [0.25, 0.3) is 0 Å². The van der Waals surface area contributed by atoms with E-state index in [1.54, 1.807) is 0 Å². The zero-order chi connectivity index (χ0) is 22.1. The van der Waals surface area contributed by atoms with Gasteiger partial charge in [-0.15, -0.1) is 0 Å². The summed E-state index contributed by atoms with van der Waals surface area (Å²) < 4.78 is 5.92. The summed E-state index contributed by atoms with van der Waals surface area (Å²) in [6, 6.07) is 27.2. The predicted molar refractivity (Wildman–Crippen MR) is 130 cm³/mol. The molecule has 3 aromatic rings. The Morgan fingerprint density at radius 2 is 1.53 bits per heavy atom. The third-order valence-corrected chi connectivity index (χ3v) is 7.07. The average molecular weight is 424 g/mol. The Morgan fingerprint density at radius 3 is 2.22 bits per heavy atom. The van der Waals surface area contributed by atoms with E-state index in [0.717, 1.165) is 30.1 Å². The first kappa shape index (κ1) is 20.6. The quantitative estimate of drug-likeness (QED) is 0.345. The zero-order valence-electron chi connectivity index (χ0n) is 18.6. The molecule has 3 heteroatoms. The predicted octanol–water partition coefficient (Wildman–Crippen LogP) is 6.28. The molecule has 0 spiro atoms. The molecular weight excluding hydrogens is 394 g/mol. The van der Waals surface area contributed by atoms with Gasteiger partial charge in [0.2, 0.25) is 0 Å². The Morgan fingerprint density at radius 1 is 0.844 bits per heavy atom. The number of allylic oxidation sites excluding steroid dienone is 1. The standard InChI is InChI=1S/C29H29NO2/c1-3-30(4-2)22-16-18-23-25(19-22)32-29(31)28-26(21-13-9-6-10-14-21)24(27(23)28)17-15-20-11-7-5-8-12-20/h5-19,24,26-28H,3-4H2,1-2H3/b17-15+/t24-,26-,27+,28-/m1/s1. The van der Waals surface area contributed by atoms with Gasteiger partial charge in [-0.2, -0.15) is 0 Å². The molecule has 0 N–H and O–H groups in total. The molecular formula is C29H29NO2. The molecule has 0 amide bonds. The Hall–Kier alpha value is -3.33. The van der Waals surface area contributed by atoms with Crippen LogP contribution in [0.1, 0.15) is 42.4 Å². The van der Waals surface area contributed by atoms with Crippen LogP contribution in [0.25, 0.3) is 6.08 Å². The fraction of sp³-hybridized carbons (Fsp3) is 0.276. The van der Waals surface area contributed by atoms with E-state index in [1.807, 2.05) is 18.2 Å². The van der Waals surface area contributed by atoms with Gasteiger partial charge in [-0.25, -0.2) is 0 Å². The lowest BCUT2D eigenvalue weighted by Crippen LogP contribution is -2.50. The maximum absolute atomic E-state index is 13.2. The molecule has 1 saturated carbocycles. The van der Waals surface area contributed by atoms with Gasteiger partial charge in [0.15, 0.2) is 0 Å². The molecule has 0 saturated heterocycles. The van der Waals surface area contributed by atoms with Crippen LogP contribution in [0.5, 0.6) is 5.75 Å². The number of ether oxygens (including phenoxy) is 1. The minimum Gasteiger partial charge on any atom is -0.426 e. The zero-order valence-corrected chi connectivity index (χ0v) is 18.6. The molecule has 3 nitrogen and oxygen atoms in total. The summed E-state index contributed by atoms with van der Waals surface area (Å²) in [6.07, 6.45) is 4.50. The number of benzene rings is 3. The number of anilines is 1. The molecule has 5 rings (SSSR count). The van der Waals surface area contributed by atoms with Crippen LogP contribution in [-0.4, -0.2) is 19.1 Å². The molecule has 0 unspecified atom stereocenters. The number of esters is 1. The number of hydrogen-bond donors (Lipinski definition) is 0. The van der Waals surface area contributed by atoms with Crippen LogP contribution in [0, 0.1) is 11.8 Å². The third kappa shape index (κ3) is 3.52. The molecule has 0 aromatic heterocycles. The highest BCUT2D eigenvalue weighted by atomic mass is 16.5. The van der Waals surface area contributed by atoms with Crippen molar-refractivity contribution in [3.63, 3.8) is 0 Å². The number of carbonyl (C=O) groups excluding carboxylic acids is 1. The normalized spacial score (nSPS) is 23.8. The summed E-state index contributed by atoms with van der Waals surface area (Å²) in [5.74, 6) is 0.997. The summed E-state index contributed by atoms with van der Waals surface area (Å²) in [5, 5.41) is 0. The summed E-state index contributed by atoms with van der Waals surface area (Å²) in [6.45, 7) is 6.14. The second kappa shape index (κ2) is 8.66. The van der Waals surface area contributed by atoms with Crippen molar-refractivity contribution in [1.29, 1.82) is 0 Å². The van der Waals surface area contributed by atoms with Crippen molar-refractivity contribution in [2.45, 2.75) is 25.7 Å². The first-order valence-electron chi connectivity index (χ1n) is 11.6. The summed E-state index contributed by atoms with van der Waals surface area (Å²) >= 11 is 0. The Balaban J connectivity index is 1.54. The van der Waals surface area contributed by atoms with Crippen LogP contribution in [0.2, 0.25) is 0 Å². The summed E-state index contributed by atoms with van der Waals surface area (Å²) in [5.41, 5.74) is 4.64. The van der Waals surface area contributed by atoms with Gasteiger partial charge in [0.05, 0.1) is 5.92 Å². The van der Waals surface area contributed by atoms with E-state index in [1.165, 1.54) is 11.1 Å². The number of fused-ring (bicyclic) bond motifs is 3. The largest absolute Gasteiger partial charge is 0.426 e. The highest BCUT2D eigenvalue weighted by molar-refractivity contribution is 5.83. The van der Waals surface area contributed by atoms with Gasteiger partial charge in [0.1, 0.15) is 5.75 Å². The highest BCUT2D eigenvalue weighted by Gasteiger charge is 2.57. The van der Waals surface area contributed by atoms with Crippen LogP contribution >= 0.6 is 0 Å². The van der Waals surface area contributed by atoms with E-state index >= 15 is 0 Å². The fourth-order valence-corrected chi connectivity index (χ4v) is 5.45. The second-order valence-corrected chi connectivity index (χ2v) is 8.65. The number of hydrogen-bond acceptors (Lipinski definition) is 3. The third-order valence-electron chi connectivity index (χ3n) is 7.07. The van der Waals surface area contributed by atoms with Gasteiger partial charge in [-0.05, 0) is 42.5 Å². The van der Waals surface area contributed by atoms with Crippen LogP contribution in [0.4, 0.5) is 5.69 Å². The van der Waals surface area contributed by atoms with E-state index in [9.17, 15) is 4.79 Å². The summed E-state index contributed by atoms with van der Waals surface area (Å²) in [4.78, 5) is 15.5. The molecule has 1 aliphatic heterocycles. The highest BCUT2D eigenvalue weighted by Crippen LogP contribution is 2.62. The molecule has 1 fully saturated rings. The summed E-state index contributed by atoms with van der Waals surface area (Å²) in [7, 11) is 0. The van der Waals surface area contributed by atoms with Gasteiger partial charge in [0, 0.05) is 36.7 Å². The van der Waals surface area contributed by atoms with E-state index in [-0.39, 0.29) is 29.6 Å². The number of carbonyl (C=O) groups is 1. The van der Waals surface area contributed by atoms with Crippen molar-refractivity contribution < 1.29 is 9.53 Å². The SMILES string of the molecule is CCN(CC)c1ccc2c(c1)OC(=O)[C@@H]1[C@H](c3ccccc3)[C@@H](/C=C/c3ccccc3)[C@H]21. The van der Waals surface area contributed by atoms with Gasteiger partial charge >= 0.3 is 5.97 Å². The smallest absolute Gasteiger partial charge is 0.315 e. The van der Waals surface area contributed by atoms with Crippen molar-refractivity contribution in [2.24, 2.45) is 11.8 Å². The maximum atomic E-state index is 13.2. The van der Waals surface area contributed by atoms with Crippen molar-refractivity contribution in [2.75, 3.05) is 18.0 Å². The minimum absolute atomic E-state index is 0.0996. The maximum Gasteiger partial charge on any atom is 0.315 e. The Kier molecular flexibility index (Phi) is 5.57. The minimum atomic E-state index is -0.144. The van der Waals surface area contributed by atoms with Crippen molar-refractivity contribution in [3.05, 3.63) is 102 Å². The lowest BCUT2D eigenvalue weighted by molar-refractivity contribution is -0.148. The van der Waals surface area contributed by atoms with Crippen molar-refractivity contribution in [1.82, 2.24) is 0 Å². The van der Waals surface area contributed by atoms with E-state index in [0.29, 0.717) is 0 Å².